The fourth-order valence-electron chi connectivity index (χ4n) is 1.67. The molecule has 0 amide bonds. The first-order valence-corrected chi connectivity index (χ1v) is 5.66. The van der Waals surface area contributed by atoms with Crippen LogP contribution in [0.4, 0.5) is 0 Å². The van der Waals surface area contributed by atoms with Gasteiger partial charge in [0.25, 0.3) is 0 Å². The van der Waals surface area contributed by atoms with Gasteiger partial charge in [-0.3, -0.25) is 4.79 Å². The van der Waals surface area contributed by atoms with Crippen LogP contribution >= 0.6 is 0 Å². The Hall–Kier alpha value is -0.790. The van der Waals surface area contributed by atoms with E-state index in [-0.39, 0.29) is 5.97 Å². The zero-order chi connectivity index (χ0) is 10.2. The van der Waals surface area contributed by atoms with E-state index in [1.807, 2.05) is 0 Å². The van der Waals surface area contributed by atoms with Gasteiger partial charge in [0.05, 0.1) is 13.0 Å². The second-order valence-corrected chi connectivity index (χ2v) is 3.86. The lowest BCUT2D eigenvalue weighted by atomic mass is 10.2. The molecule has 0 radical (unpaired) electrons. The molecule has 0 saturated heterocycles. The molecule has 2 heteroatoms. The third-order valence-electron chi connectivity index (χ3n) is 2.52. The molecule has 80 valence electrons. The lowest BCUT2D eigenvalue weighted by Gasteiger charge is -2.04. The van der Waals surface area contributed by atoms with Gasteiger partial charge in [0.1, 0.15) is 0 Å². The maximum Gasteiger partial charge on any atom is 0.309 e. The third kappa shape index (κ3) is 4.45. The summed E-state index contributed by atoms with van der Waals surface area (Å²) >= 11 is 0. The highest BCUT2D eigenvalue weighted by atomic mass is 16.5. The summed E-state index contributed by atoms with van der Waals surface area (Å²) in [4.78, 5) is 11.3. The Morgan fingerprint density at radius 3 is 3.00 bits per heavy atom. The van der Waals surface area contributed by atoms with Crippen LogP contribution in [0.2, 0.25) is 0 Å². The average Bonchev–Trinajstić information content (AvgIpc) is 2.65. The van der Waals surface area contributed by atoms with Gasteiger partial charge < -0.3 is 4.74 Å². The molecule has 0 bridgehead atoms. The van der Waals surface area contributed by atoms with Crippen LogP contribution in [0.5, 0.6) is 0 Å². The molecule has 0 aliphatic heterocycles. The van der Waals surface area contributed by atoms with E-state index >= 15 is 0 Å². The molecule has 14 heavy (non-hydrogen) atoms. The number of hydrogen-bond acceptors (Lipinski definition) is 2. The maximum absolute atomic E-state index is 11.3. The van der Waals surface area contributed by atoms with E-state index < -0.39 is 0 Å². The van der Waals surface area contributed by atoms with Crippen LogP contribution in [0.15, 0.2) is 11.6 Å². The van der Waals surface area contributed by atoms with Crippen molar-refractivity contribution in [3.8, 4) is 0 Å². The second kappa shape index (κ2) is 6.63. The van der Waals surface area contributed by atoms with Crippen molar-refractivity contribution in [1.29, 1.82) is 0 Å². The lowest BCUT2D eigenvalue weighted by Crippen LogP contribution is -2.06. The first-order valence-electron chi connectivity index (χ1n) is 5.66. The van der Waals surface area contributed by atoms with Crippen molar-refractivity contribution >= 4 is 5.97 Å². The SMILES string of the molecule is CCCCCOC(=O)CC1=CCCC1. The van der Waals surface area contributed by atoms with Gasteiger partial charge in [0, 0.05) is 0 Å². The molecule has 0 unspecified atom stereocenters. The molecule has 1 rings (SSSR count). The molecule has 0 atom stereocenters. The van der Waals surface area contributed by atoms with Gasteiger partial charge in [-0.2, -0.15) is 0 Å². The van der Waals surface area contributed by atoms with Crippen molar-refractivity contribution < 1.29 is 9.53 Å². The Kier molecular flexibility index (Phi) is 5.35. The van der Waals surface area contributed by atoms with Gasteiger partial charge in [-0.1, -0.05) is 31.4 Å². The number of allylic oxidation sites excluding steroid dienone is 1. The van der Waals surface area contributed by atoms with Crippen LogP contribution < -0.4 is 0 Å². The highest BCUT2D eigenvalue weighted by molar-refractivity contribution is 5.72. The van der Waals surface area contributed by atoms with Crippen molar-refractivity contribution in [3.63, 3.8) is 0 Å². The van der Waals surface area contributed by atoms with Crippen molar-refractivity contribution in [3.05, 3.63) is 11.6 Å². The van der Waals surface area contributed by atoms with Crippen molar-refractivity contribution in [2.24, 2.45) is 0 Å². The highest BCUT2D eigenvalue weighted by Gasteiger charge is 2.10. The van der Waals surface area contributed by atoms with Crippen LogP contribution in [-0.2, 0) is 9.53 Å². The fraction of sp³-hybridized carbons (Fsp3) is 0.750. The van der Waals surface area contributed by atoms with E-state index in [1.54, 1.807) is 0 Å². The predicted molar refractivity (Wildman–Crippen MR) is 57.0 cm³/mol. The van der Waals surface area contributed by atoms with Crippen LogP contribution in [0.25, 0.3) is 0 Å². The minimum Gasteiger partial charge on any atom is -0.465 e. The molecular formula is C12H20O2. The zero-order valence-electron chi connectivity index (χ0n) is 9.05. The number of carbonyl (C=O) groups excluding carboxylic acids is 1. The summed E-state index contributed by atoms with van der Waals surface area (Å²) in [6.45, 7) is 2.74. The quantitative estimate of drug-likeness (QED) is 0.370. The molecule has 0 saturated carbocycles. The summed E-state index contributed by atoms with van der Waals surface area (Å²) in [7, 11) is 0. The average molecular weight is 196 g/mol. The van der Waals surface area contributed by atoms with Gasteiger partial charge in [0.2, 0.25) is 0 Å². The minimum absolute atomic E-state index is 0.0470. The van der Waals surface area contributed by atoms with Gasteiger partial charge in [-0.15, -0.1) is 0 Å². The monoisotopic (exact) mass is 196 g/mol. The second-order valence-electron chi connectivity index (χ2n) is 3.86. The van der Waals surface area contributed by atoms with E-state index in [0.717, 1.165) is 25.7 Å². The zero-order valence-corrected chi connectivity index (χ0v) is 9.05. The largest absolute Gasteiger partial charge is 0.465 e. The number of hydrogen-bond donors (Lipinski definition) is 0. The summed E-state index contributed by atoms with van der Waals surface area (Å²) in [5.41, 5.74) is 1.27. The van der Waals surface area contributed by atoms with Gasteiger partial charge in [0.15, 0.2) is 0 Å². The van der Waals surface area contributed by atoms with E-state index in [9.17, 15) is 4.79 Å². The first kappa shape index (κ1) is 11.3. The van der Waals surface area contributed by atoms with Crippen LogP contribution in [-0.4, -0.2) is 12.6 Å². The van der Waals surface area contributed by atoms with Crippen LogP contribution in [0, 0.1) is 0 Å². The number of unbranched alkanes of at least 4 members (excludes halogenated alkanes) is 2. The molecule has 0 heterocycles. The van der Waals surface area contributed by atoms with E-state index in [0.29, 0.717) is 13.0 Å². The molecule has 1 aliphatic rings. The molecule has 2 nitrogen and oxygen atoms in total. The fourth-order valence-corrected chi connectivity index (χ4v) is 1.67. The highest BCUT2D eigenvalue weighted by Crippen LogP contribution is 2.20. The van der Waals surface area contributed by atoms with Crippen molar-refractivity contribution in [2.45, 2.75) is 51.9 Å². The molecule has 0 aromatic heterocycles. The molecule has 0 spiro atoms. The van der Waals surface area contributed by atoms with Crippen LogP contribution in [0.1, 0.15) is 51.9 Å². The summed E-state index contributed by atoms with van der Waals surface area (Å²) in [6.07, 6.45) is 9.44. The Morgan fingerprint density at radius 2 is 2.36 bits per heavy atom. The summed E-state index contributed by atoms with van der Waals surface area (Å²) in [6, 6.07) is 0. The first-order chi connectivity index (χ1) is 6.83. The third-order valence-corrected chi connectivity index (χ3v) is 2.52. The summed E-state index contributed by atoms with van der Waals surface area (Å²) in [5, 5.41) is 0. The molecule has 1 aliphatic carbocycles. The van der Waals surface area contributed by atoms with E-state index in [1.165, 1.54) is 18.4 Å². The van der Waals surface area contributed by atoms with Gasteiger partial charge in [-0.05, 0) is 25.7 Å². The number of esters is 1. The molecule has 0 aromatic rings. The molecule has 0 N–H and O–H groups in total. The predicted octanol–water partition coefficient (Wildman–Crippen LogP) is 3.22. The standard InChI is InChI=1S/C12H20O2/c1-2-3-6-9-14-12(13)10-11-7-4-5-8-11/h7H,2-6,8-10H2,1H3. The topological polar surface area (TPSA) is 26.3 Å². The number of ether oxygens (including phenoxy) is 1. The van der Waals surface area contributed by atoms with Crippen molar-refractivity contribution in [1.82, 2.24) is 0 Å². The Morgan fingerprint density at radius 1 is 1.50 bits per heavy atom. The molecular weight excluding hydrogens is 176 g/mol. The lowest BCUT2D eigenvalue weighted by molar-refractivity contribution is -0.142. The number of carbonyl (C=O) groups is 1. The maximum atomic E-state index is 11.3. The Labute approximate surface area is 86.3 Å². The van der Waals surface area contributed by atoms with Gasteiger partial charge in [-0.25, -0.2) is 0 Å². The van der Waals surface area contributed by atoms with E-state index in [4.69, 9.17) is 4.74 Å². The minimum atomic E-state index is -0.0470. The number of rotatable bonds is 6. The Bertz CT molecular complexity index is 206. The summed E-state index contributed by atoms with van der Waals surface area (Å²) in [5.74, 6) is -0.0470. The van der Waals surface area contributed by atoms with Gasteiger partial charge >= 0.3 is 5.97 Å². The van der Waals surface area contributed by atoms with E-state index in [2.05, 4.69) is 13.0 Å². The smallest absolute Gasteiger partial charge is 0.309 e. The normalized spacial score (nSPS) is 15.4. The van der Waals surface area contributed by atoms with Crippen LogP contribution in [0.3, 0.4) is 0 Å². The van der Waals surface area contributed by atoms with Crippen molar-refractivity contribution in [2.75, 3.05) is 6.61 Å². The molecule has 0 aromatic carbocycles. The Balaban J connectivity index is 2.04. The molecule has 0 fully saturated rings. The summed E-state index contributed by atoms with van der Waals surface area (Å²) < 4.78 is 5.13.